The normalized spacial score (nSPS) is 17.8. The van der Waals surface area contributed by atoms with Crippen molar-refractivity contribution in [2.24, 2.45) is 4.99 Å². The molecule has 1 saturated heterocycles. The molecule has 0 amide bonds. The molecule has 4 rings (SSSR count). The smallest absolute Gasteiger partial charge is 0.136 e. The van der Waals surface area contributed by atoms with Gasteiger partial charge in [-0.2, -0.15) is 0 Å². The molecule has 25 heavy (non-hydrogen) atoms. The predicted octanol–water partition coefficient (Wildman–Crippen LogP) is 3.81. The van der Waals surface area contributed by atoms with Crippen LogP contribution in [0.2, 0.25) is 0 Å². The van der Waals surface area contributed by atoms with Gasteiger partial charge in [0.05, 0.1) is 0 Å². The molecule has 0 unspecified atom stereocenters. The van der Waals surface area contributed by atoms with Gasteiger partial charge in [-0.05, 0) is 35.7 Å². The summed E-state index contributed by atoms with van der Waals surface area (Å²) < 4.78 is 0. The number of allylic oxidation sites excluding steroid dienone is 1. The molecule has 1 fully saturated rings. The second-order valence-electron chi connectivity index (χ2n) is 6.70. The first kappa shape index (κ1) is 16.1. The van der Waals surface area contributed by atoms with Gasteiger partial charge in [-0.1, -0.05) is 55.5 Å². The maximum absolute atomic E-state index is 4.82. The highest BCUT2D eigenvalue weighted by molar-refractivity contribution is 6.02. The van der Waals surface area contributed by atoms with Crippen molar-refractivity contribution in [3.8, 4) is 11.1 Å². The van der Waals surface area contributed by atoms with Gasteiger partial charge < -0.3 is 9.80 Å². The zero-order valence-corrected chi connectivity index (χ0v) is 14.9. The molecule has 0 N–H and O–H groups in total. The molecule has 0 aliphatic carbocycles. The third kappa shape index (κ3) is 3.38. The molecule has 0 radical (unpaired) electrons. The number of rotatable bonds is 2. The van der Waals surface area contributed by atoms with Crippen LogP contribution in [-0.4, -0.2) is 48.4 Å². The Kier molecular flexibility index (Phi) is 4.66. The number of fused-ring (bicyclic) bond motifs is 1. The molecule has 2 aromatic rings. The van der Waals surface area contributed by atoms with E-state index in [2.05, 4.69) is 71.3 Å². The van der Waals surface area contributed by atoms with Crippen LogP contribution >= 0.6 is 0 Å². The maximum Gasteiger partial charge on any atom is 0.136 e. The average Bonchev–Trinajstić information content (AvgIpc) is 2.90. The van der Waals surface area contributed by atoms with Crippen LogP contribution < -0.4 is 0 Å². The lowest BCUT2D eigenvalue weighted by Crippen LogP contribution is -2.48. The first-order valence-electron chi connectivity index (χ1n) is 9.24. The fraction of sp³-hybridized carbons (Fsp3) is 0.318. The third-order valence-corrected chi connectivity index (χ3v) is 5.22. The molecule has 2 aromatic carbocycles. The highest BCUT2D eigenvalue weighted by atomic mass is 15.3. The fourth-order valence-corrected chi connectivity index (χ4v) is 3.67. The number of likely N-dealkylation sites (N-methyl/N-ethyl adjacent to an activating group) is 1. The van der Waals surface area contributed by atoms with Crippen molar-refractivity contribution in [3.05, 3.63) is 71.9 Å². The van der Waals surface area contributed by atoms with E-state index in [1.165, 1.54) is 22.3 Å². The SMILES string of the molecule is CCN1CCN(C2=NC=CCc3ccc(-c4ccccc4)cc32)CC1. The highest BCUT2D eigenvalue weighted by Gasteiger charge is 2.22. The number of hydrogen-bond acceptors (Lipinski definition) is 3. The summed E-state index contributed by atoms with van der Waals surface area (Å²) in [6, 6.07) is 17.4. The second-order valence-corrected chi connectivity index (χ2v) is 6.70. The molecule has 2 heterocycles. The van der Waals surface area contributed by atoms with E-state index in [9.17, 15) is 0 Å². The Morgan fingerprint density at radius 3 is 2.48 bits per heavy atom. The van der Waals surface area contributed by atoms with Crippen molar-refractivity contribution in [1.82, 2.24) is 9.80 Å². The molecule has 0 saturated carbocycles. The lowest BCUT2D eigenvalue weighted by Gasteiger charge is -2.36. The summed E-state index contributed by atoms with van der Waals surface area (Å²) in [5, 5.41) is 0. The van der Waals surface area contributed by atoms with Gasteiger partial charge in [-0.25, -0.2) is 4.99 Å². The zero-order valence-electron chi connectivity index (χ0n) is 14.9. The summed E-state index contributed by atoms with van der Waals surface area (Å²) >= 11 is 0. The number of aliphatic imine (C=N–C) groups is 1. The van der Waals surface area contributed by atoms with E-state index in [4.69, 9.17) is 4.99 Å². The maximum atomic E-state index is 4.82. The summed E-state index contributed by atoms with van der Waals surface area (Å²) in [6.07, 6.45) is 5.09. The van der Waals surface area contributed by atoms with E-state index in [0.717, 1.165) is 45.0 Å². The van der Waals surface area contributed by atoms with Crippen LogP contribution in [0.25, 0.3) is 11.1 Å². The summed E-state index contributed by atoms with van der Waals surface area (Å²) in [6.45, 7) is 7.71. The number of amidine groups is 1. The van der Waals surface area contributed by atoms with Crippen molar-refractivity contribution >= 4 is 5.84 Å². The van der Waals surface area contributed by atoms with Gasteiger partial charge in [0.1, 0.15) is 5.84 Å². The Morgan fingerprint density at radius 2 is 1.72 bits per heavy atom. The topological polar surface area (TPSA) is 18.8 Å². The molecule has 0 bridgehead atoms. The van der Waals surface area contributed by atoms with Gasteiger partial charge >= 0.3 is 0 Å². The Balaban J connectivity index is 1.68. The quantitative estimate of drug-likeness (QED) is 0.833. The van der Waals surface area contributed by atoms with Crippen molar-refractivity contribution in [3.63, 3.8) is 0 Å². The first-order chi connectivity index (χ1) is 12.3. The molecule has 0 spiro atoms. The van der Waals surface area contributed by atoms with Crippen molar-refractivity contribution < 1.29 is 0 Å². The van der Waals surface area contributed by atoms with Crippen LogP contribution in [0.4, 0.5) is 0 Å². The molecule has 2 aliphatic heterocycles. The number of hydrogen-bond donors (Lipinski definition) is 0. The molecular formula is C22H25N3. The van der Waals surface area contributed by atoms with Gasteiger partial charge in [-0.15, -0.1) is 0 Å². The third-order valence-electron chi connectivity index (χ3n) is 5.22. The molecule has 3 heteroatoms. The van der Waals surface area contributed by atoms with Crippen molar-refractivity contribution in [1.29, 1.82) is 0 Å². The molecule has 128 valence electrons. The standard InChI is InChI=1S/C22H25N3/c1-2-24-13-15-25(16-14-24)22-21-17-20(18-7-4-3-5-8-18)11-10-19(21)9-6-12-23-22/h3-8,10-12,17H,2,9,13-16H2,1H3. The summed E-state index contributed by atoms with van der Waals surface area (Å²) in [5.41, 5.74) is 5.18. The lowest BCUT2D eigenvalue weighted by molar-refractivity contribution is 0.190. The van der Waals surface area contributed by atoms with Crippen LogP contribution in [0.5, 0.6) is 0 Å². The Morgan fingerprint density at radius 1 is 0.920 bits per heavy atom. The van der Waals surface area contributed by atoms with Crippen LogP contribution in [0.3, 0.4) is 0 Å². The molecule has 2 aliphatic rings. The monoisotopic (exact) mass is 331 g/mol. The van der Waals surface area contributed by atoms with Crippen LogP contribution in [-0.2, 0) is 6.42 Å². The fourth-order valence-electron chi connectivity index (χ4n) is 3.67. The van der Waals surface area contributed by atoms with Gasteiger partial charge in [0.15, 0.2) is 0 Å². The average molecular weight is 331 g/mol. The lowest BCUT2D eigenvalue weighted by atomic mass is 9.96. The summed E-state index contributed by atoms with van der Waals surface area (Å²) in [7, 11) is 0. The minimum atomic E-state index is 0.951. The molecular weight excluding hydrogens is 306 g/mol. The van der Waals surface area contributed by atoms with E-state index in [1.54, 1.807) is 0 Å². The largest absolute Gasteiger partial charge is 0.354 e. The summed E-state index contributed by atoms with van der Waals surface area (Å²) in [5.74, 6) is 1.14. The van der Waals surface area contributed by atoms with Crippen LogP contribution in [0.15, 0.2) is 65.8 Å². The van der Waals surface area contributed by atoms with E-state index < -0.39 is 0 Å². The zero-order chi connectivity index (χ0) is 17.1. The second kappa shape index (κ2) is 7.24. The van der Waals surface area contributed by atoms with Gasteiger partial charge in [0.25, 0.3) is 0 Å². The predicted molar refractivity (Wildman–Crippen MR) is 105 cm³/mol. The Labute approximate surface area is 150 Å². The van der Waals surface area contributed by atoms with Gasteiger partial charge in [0.2, 0.25) is 0 Å². The number of benzene rings is 2. The van der Waals surface area contributed by atoms with E-state index in [1.807, 2.05) is 6.20 Å². The van der Waals surface area contributed by atoms with E-state index >= 15 is 0 Å². The molecule has 3 nitrogen and oxygen atoms in total. The minimum Gasteiger partial charge on any atom is -0.354 e. The highest BCUT2D eigenvalue weighted by Crippen LogP contribution is 2.26. The van der Waals surface area contributed by atoms with E-state index in [-0.39, 0.29) is 0 Å². The van der Waals surface area contributed by atoms with Crippen LogP contribution in [0.1, 0.15) is 18.1 Å². The van der Waals surface area contributed by atoms with Gasteiger partial charge in [-0.3, -0.25) is 0 Å². The van der Waals surface area contributed by atoms with Crippen LogP contribution in [0, 0.1) is 0 Å². The minimum absolute atomic E-state index is 0.951. The van der Waals surface area contributed by atoms with Crippen molar-refractivity contribution in [2.45, 2.75) is 13.3 Å². The number of nitrogens with zero attached hydrogens (tertiary/aromatic N) is 3. The Bertz CT molecular complexity index is 784. The first-order valence-corrected chi connectivity index (χ1v) is 9.24. The summed E-state index contributed by atoms with van der Waals surface area (Å²) in [4.78, 5) is 9.78. The van der Waals surface area contributed by atoms with E-state index in [0.29, 0.717) is 0 Å². The Hall–Kier alpha value is -2.39. The molecule has 0 atom stereocenters. The van der Waals surface area contributed by atoms with Gasteiger partial charge in [0, 0.05) is 37.9 Å². The molecule has 0 aromatic heterocycles. The van der Waals surface area contributed by atoms with Crippen molar-refractivity contribution in [2.75, 3.05) is 32.7 Å². The number of piperazine rings is 1.